The number of amides is 1. The Morgan fingerprint density at radius 1 is 1.14 bits per heavy atom. The number of anilines is 2. The summed E-state index contributed by atoms with van der Waals surface area (Å²) in [6, 6.07) is 3.06. The number of halogens is 4. The average Bonchev–Trinajstić information content (AvgIpc) is 2.47. The zero-order valence-electron chi connectivity index (χ0n) is 10.5. The summed E-state index contributed by atoms with van der Waals surface area (Å²) < 4.78 is 0. The summed E-state index contributed by atoms with van der Waals surface area (Å²) in [5.41, 5.74) is 0.567. The molecular weight excluding hydrogens is 358 g/mol. The SMILES string of the molecule is CNC(=O)c1ccc(Cl)c(Cl)c1Nc1nc(Cl)ncc1Cl. The number of nitrogens with one attached hydrogen (secondary N) is 2. The molecule has 0 radical (unpaired) electrons. The summed E-state index contributed by atoms with van der Waals surface area (Å²) in [5.74, 6) is -0.127. The monoisotopic (exact) mass is 364 g/mol. The van der Waals surface area contributed by atoms with Gasteiger partial charge in [0.1, 0.15) is 5.02 Å². The lowest BCUT2D eigenvalue weighted by Gasteiger charge is -2.14. The summed E-state index contributed by atoms with van der Waals surface area (Å²) in [7, 11) is 1.50. The van der Waals surface area contributed by atoms with E-state index in [2.05, 4.69) is 20.6 Å². The Morgan fingerprint density at radius 2 is 1.86 bits per heavy atom. The van der Waals surface area contributed by atoms with Gasteiger partial charge in [0.25, 0.3) is 5.91 Å². The molecule has 2 rings (SSSR count). The molecule has 0 atom stereocenters. The van der Waals surface area contributed by atoms with Crippen LogP contribution in [0.2, 0.25) is 20.4 Å². The molecule has 1 aromatic heterocycles. The van der Waals surface area contributed by atoms with Crippen LogP contribution in [0.5, 0.6) is 0 Å². The van der Waals surface area contributed by atoms with Crippen molar-refractivity contribution in [3.63, 3.8) is 0 Å². The fourth-order valence-electron chi connectivity index (χ4n) is 1.55. The molecule has 0 spiro atoms. The van der Waals surface area contributed by atoms with E-state index in [4.69, 9.17) is 46.4 Å². The Balaban J connectivity index is 2.54. The predicted molar refractivity (Wildman–Crippen MR) is 85.2 cm³/mol. The van der Waals surface area contributed by atoms with Crippen LogP contribution in [0, 0.1) is 0 Å². The highest BCUT2D eigenvalue weighted by atomic mass is 35.5. The number of hydrogen-bond donors (Lipinski definition) is 2. The molecule has 0 aliphatic rings. The van der Waals surface area contributed by atoms with Gasteiger partial charge >= 0.3 is 0 Å². The highest BCUT2D eigenvalue weighted by molar-refractivity contribution is 6.44. The van der Waals surface area contributed by atoms with E-state index in [1.807, 2.05) is 0 Å². The first-order valence-electron chi connectivity index (χ1n) is 5.59. The number of aromatic nitrogens is 2. The second-order valence-corrected chi connectivity index (χ2v) is 5.35. The second kappa shape index (κ2) is 6.66. The molecule has 2 aromatic rings. The van der Waals surface area contributed by atoms with Crippen LogP contribution in [-0.2, 0) is 0 Å². The van der Waals surface area contributed by atoms with Crippen LogP contribution in [0.25, 0.3) is 0 Å². The molecule has 0 aliphatic heterocycles. The lowest BCUT2D eigenvalue weighted by molar-refractivity contribution is 0.0964. The van der Waals surface area contributed by atoms with Gasteiger partial charge in [-0.1, -0.05) is 34.8 Å². The minimum atomic E-state index is -0.340. The van der Waals surface area contributed by atoms with E-state index in [-0.39, 0.29) is 43.3 Å². The molecule has 9 heteroatoms. The molecule has 0 unspecified atom stereocenters. The van der Waals surface area contributed by atoms with Crippen LogP contribution in [0.1, 0.15) is 10.4 Å². The number of carbonyl (C=O) groups is 1. The van der Waals surface area contributed by atoms with Gasteiger partial charge in [-0.15, -0.1) is 0 Å². The Kier molecular flexibility index (Phi) is 5.11. The first-order chi connectivity index (χ1) is 9.93. The van der Waals surface area contributed by atoms with Crippen LogP contribution in [-0.4, -0.2) is 22.9 Å². The third-order valence-corrected chi connectivity index (χ3v) is 3.79. The van der Waals surface area contributed by atoms with Crippen LogP contribution < -0.4 is 10.6 Å². The Bertz CT molecular complexity index is 708. The van der Waals surface area contributed by atoms with Crippen molar-refractivity contribution in [1.82, 2.24) is 15.3 Å². The maximum atomic E-state index is 11.9. The number of nitrogens with zero attached hydrogens (tertiary/aromatic N) is 2. The standard InChI is InChI=1S/C12H8Cl4N4O/c1-17-11(21)5-2-3-6(13)8(15)9(5)19-10-7(14)4-18-12(16)20-10/h2-4H,1H3,(H,17,21)(H,18,19,20). The van der Waals surface area contributed by atoms with Crippen molar-refractivity contribution in [1.29, 1.82) is 0 Å². The summed E-state index contributed by atoms with van der Waals surface area (Å²) >= 11 is 23.8. The average molecular weight is 366 g/mol. The van der Waals surface area contributed by atoms with Crippen molar-refractivity contribution < 1.29 is 4.79 Å². The van der Waals surface area contributed by atoms with Crippen LogP contribution >= 0.6 is 46.4 Å². The maximum Gasteiger partial charge on any atom is 0.253 e. The topological polar surface area (TPSA) is 66.9 Å². The van der Waals surface area contributed by atoms with E-state index < -0.39 is 0 Å². The van der Waals surface area contributed by atoms with E-state index >= 15 is 0 Å². The van der Waals surface area contributed by atoms with Gasteiger partial charge in [-0.3, -0.25) is 4.79 Å². The maximum absolute atomic E-state index is 11.9. The van der Waals surface area contributed by atoms with Gasteiger partial charge in [0, 0.05) is 7.05 Å². The minimum Gasteiger partial charge on any atom is -0.355 e. The third kappa shape index (κ3) is 3.49. The summed E-state index contributed by atoms with van der Waals surface area (Å²) in [6.07, 6.45) is 1.33. The van der Waals surface area contributed by atoms with E-state index in [0.29, 0.717) is 0 Å². The van der Waals surface area contributed by atoms with Crippen LogP contribution in [0.15, 0.2) is 18.3 Å². The lowest BCUT2D eigenvalue weighted by Crippen LogP contribution is -2.19. The highest BCUT2D eigenvalue weighted by Crippen LogP contribution is 2.36. The summed E-state index contributed by atoms with van der Waals surface area (Å²) in [5, 5.41) is 6.04. The van der Waals surface area contributed by atoms with Gasteiger partial charge in [0.05, 0.1) is 27.5 Å². The fourth-order valence-corrected chi connectivity index (χ4v) is 2.19. The highest BCUT2D eigenvalue weighted by Gasteiger charge is 2.17. The molecule has 5 nitrogen and oxygen atoms in total. The van der Waals surface area contributed by atoms with Gasteiger partial charge in [-0.2, -0.15) is 4.98 Å². The molecule has 1 amide bonds. The quantitative estimate of drug-likeness (QED) is 0.800. The molecule has 21 heavy (non-hydrogen) atoms. The molecule has 2 N–H and O–H groups in total. The zero-order valence-corrected chi connectivity index (χ0v) is 13.6. The predicted octanol–water partition coefficient (Wildman–Crippen LogP) is 4.19. The smallest absolute Gasteiger partial charge is 0.253 e. The van der Waals surface area contributed by atoms with Crippen molar-refractivity contribution in [3.05, 3.63) is 44.2 Å². The molecule has 1 heterocycles. The molecule has 0 bridgehead atoms. The first kappa shape index (κ1) is 16.1. The van der Waals surface area contributed by atoms with Gasteiger partial charge in [0.15, 0.2) is 5.82 Å². The van der Waals surface area contributed by atoms with Crippen molar-refractivity contribution in [2.75, 3.05) is 12.4 Å². The molecule has 1 aromatic carbocycles. The van der Waals surface area contributed by atoms with Gasteiger partial charge in [-0.05, 0) is 23.7 Å². The van der Waals surface area contributed by atoms with Gasteiger partial charge < -0.3 is 10.6 Å². The fraction of sp³-hybridized carbons (Fsp3) is 0.0833. The van der Waals surface area contributed by atoms with Crippen LogP contribution in [0.3, 0.4) is 0 Å². The molecular formula is C12H8Cl4N4O. The number of carbonyl (C=O) groups excluding carboxylic acids is 1. The van der Waals surface area contributed by atoms with Crippen LogP contribution in [0.4, 0.5) is 11.5 Å². The number of benzene rings is 1. The van der Waals surface area contributed by atoms with Gasteiger partial charge in [-0.25, -0.2) is 4.98 Å². The zero-order chi connectivity index (χ0) is 15.6. The Labute approximate surface area is 140 Å². The molecule has 110 valence electrons. The first-order valence-corrected chi connectivity index (χ1v) is 7.10. The normalized spacial score (nSPS) is 10.3. The van der Waals surface area contributed by atoms with Crippen molar-refractivity contribution >= 4 is 63.8 Å². The largest absolute Gasteiger partial charge is 0.355 e. The van der Waals surface area contributed by atoms with E-state index in [1.165, 1.54) is 25.4 Å². The van der Waals surface area contributed by atoms with Crippen molar-refractivity contribution in [3.8, 4) is 0 Å². The molecule has 0 saturated carbocycles. The summed E-state index contributed by atoms with van der Waals surface area (Å²) in [6.45, 7) is 0. The van der Waals surface area contributed by atoms with Gasteiger partial charge in [0.2, 0.25) is 5.28 Å². The second-order valence-electron chi connectivity index (χ2n) is 3.82. The molecule has 0 fully saturated rings. The van der Waals surface area contributed by atoms with E-state index in [1.54, 1.807) is 0 Å². The minimum absolute atomic E-state index is 0.00143. The Hall–Kier alpha value is -1.27. The third-order valence-electron chi connectivity index (χ3n) is 2.52. The van der Waals surface area contributed by atoms with Crippen molar-refractivity contribution in [2.24, 2.45) is 0 Å². The van der Waals surface area contributed by atoms with E-state index in [0.717, 1.165) is 0 Å². The Morgan fingerprint density at radius 3 is 2.52 bits per heavy atom. The van der Waals surface area contributed by atoms with E-state index in [9.17, 15) is 4.79 Å². The number of rotatable bonds is 3. The lowest BCUT2D eigenvalue weighted by atomic mass is 10.1. The molecule has 0 aliphatic carbocycles. The van der Waals surface area contributed by atoms with Crippen molar-refractivity contribution in [2.45, 2.75) is 0 Å². The number of hydrogen-bond acceptors (Lipinski definition) is 4. The summed E-state index contributed by atoms with van der Waals surface area (Å²) in [4.78, 5) is 19.6. The molecule has 0 saturated heterocycles.